The maximum atomic E-state index is 2.70. The molecule has 0 N–H and O–H groups in total. The smallest absolute Gasteiger partial charge is 1.00 e. The van der Waals surface area contributed by atoms with Gasteiger partial charge in [-0.1, -0.05) is 84.4 Å². The second-order valence-corrected chi connectivity index (χ2v) is 18.3. The quantitative estimate of drug-likeness (QED) is 0.308. The van der Waals surface area contributed by atoms with Crippen LogP contribution in [0.4, 0.5) is 11.4 Å². The minimum Gasteiger partial charge on any atom is -1.00 e. The predicted molar refractivity (Wildman–Crippen MR) is 163 cm³/mol. The standard InChI is InChI=1S/C34H37NSSi.2ClH.Zr/c1-21-20-27-25(15-10-17-29(27)35-19-11-13-24-12-6-8-16-28(24)35)33(21)37(4,5)34-23(3)22(2)32-31(34)26-14-7-9-18-30(26)36-32;;;/h6-10,12,14-18,20,31-34H,11,13,19H2,1-5H3;2*1H;/q;;;+2/p-2. The van der Waals surface area contributed by atoms with E-state index in [-0.39, 0.29) is 51.0 Å². The number of benzene rings is 3. The predicted octanol–water partition coefficient (Wildman–Crippen LogP) is 3.50. The van der Waals surface area contributed by atoms with Crippen LogP contribution in [-0.4, -0.2) is 19.9 Å². The molecule has 0 saturated carbocycles. The largest absolute Gasteiger partial charge is 2.00 e. The van der Waals surface area contributed by atoms with Crippen molar-refractivity contribution >= 4 is 37.3 Å². The Balaban J connectivity index is 0.00000123. The first-order valence-corrected chi connectivity index (χ1v) is 18.0. The first kappa shape index (κ1) is 31.9. The number of para-hydroxylation sites is 1. The average Bonchev–Trinajstić information content (AvgIpc) is 3.52. The van der Waals surface area contributed by atoms with E-state index in [4.69, 9.17) is 0 Å². The van der Waals surface area contributed by atoms with Gasteiger partial charge in [0, 0.05) is 45.1 Å². The molecule has 2 heterocycles. The van der Waals surface area contributed by atoms with Gasteiger partial charge in [0.1, 0.15) is 0 Å². The third-order valence-electron chi connectivity index (χ3n) is 9.93. The minimum atomic E-state index is -1.81. The molecule has 0 radical (unpaired) electrons. The molecule has 2 aliphatic carbocycles. The van der Waals surface area contributed by atoms with Crippen molar-refractivity contribution in [1.82, 2.24) is 0 Å². The Hall–Kier alpha value is -1.03. The van der Waals surface area contributed by atoms with Crippen LogP contribution in [0.1, 0.15) is 60.9 Å². The van der Waals surface area contributed by atoms with Gasteiger partial charge in [-0.3, -0.25) is 0 Å². The molecule has 0 amide bonds. The molecule has 4 aliphatic rings. The maximum absolute atomic E-state index is 2.70. The van der Waals surface area contributed by atoms with Crippen molar-refractivity contribution in [2.45, 2.75) is 73.9 Å². The molecular formula is C34H37Cl2NSSiZr. The van der Waals surface area contributed by atoms with Gasteiger partial charge in [0.15, 0.2) is 0 Å². The third kappa shape index (κ3) is 4.69. The topological polar surface area (TPSA) is 3.24 Å². The molecule has 4 unspecified atom stereocenters. The van der Waals surface area contributed by atoms with Crippen LogP contribution in [0, 0.1) is 0 Å². The number of aryl methyl sites for hydroxylation is 1. The second kappa shape index (κ2) is 11.9. The van der Waals surface area contributed by atoms with Crippen molar-refractivity contribution in [3.05, 3.63) is 106 Å². The Morgan fingerprint density at radius 3 is 2.27 bits per heavy atom. The van der Waals surface area contributed by atoms with Crippen LogP contribution < -0.4 is 29.7 Å². The molecule has 3 aromatic rings. The van der Waals surface area contributed by atoms with E-state index in [0.29, 0.717) is 22.3 Å². The number of halogens is 2. The number of thioether (sulfide) groups is 1. The number of hydrogen-bond donors (Lipinski definition) is 0. The number of allylic oxidation sites excluding steroid dienone is 2. The van der Waals surface area contributed by atoms with E-state index < -0.39 is 8.07 Å². The molecule has 6 heteroatoms. The summed E-state index contributed by atoms with van der Waals surface area (Å²) < 4.78 is 0. The molecule has 0 fully saturated rings. The molecule has 206 valence electrons. The Kier molecular flexibility index (Phi) is 9.51. The van der Waals surface area contributed by atoms with Gasteiger partial charge in [-0.25, -0.2) is 0 Å². The van der Waals surface area contributed by atoms with Crippen LogP contribution in [0.25, 0.3) is 6.08 Å². The van der Waals surface area contributed by atoms with Gasteiger partial charge in [0.2, 0.25) is 0 Å². The van der Waals surface area contributed by atoms with E-state index in [1.54, 1.807) is 27.8 Å². The third-order valence-corrected chi connectivity index (χ3v) is 16.1. The van der Waals surface area contributed by atoms with Crippen LogP contribution in [-0.2, 0) is 32.6 Å². The van der Waals surface area contributed by atoms with Crippen molar-refractivity contribution in [3.8, 4) is 0 Å². The summed E-state index contributed by atoms with van der Waals surface area (Å²) in [5.41, 5.74) is 15.1. The Bertz CT molecular complexity index is 1500. The van der Waals surface area contributed by atoms with Crippen LogP contribution >= 0.6 is 11.8 Å². The van der Waals surface area contributed by atoms with Crippen molar-refractivity contribution in [1.29, 1.82) is 0 Å². The van der Waals surface area contributed by atoms with Gasteiger partial charge in [0.25, 0.3) is 0 Å². The summed E-state index contributed by atoms with van der Waals surface area (Å²) in [6.45, 7) is 13.8. The molecule has 0 spiro atoms. The Morgan fingerprint density at radius 1 is 0.800 bits per heavy atom. The molecule has 0 saturated heterocycles. The van der Waals surface area contributed by atoms with Gasteiger partial charge in [-0.15, -0.1) is 11.8 Å². The monoisotopic (exact) mass is 679 g/mol. The molecule has 3 aromatic carbocycles. The number of fused-ring (bicyclic) bond motifs is 5. The fourth-order valence-corrected chi connectivity index (χ4v) is 15.5. The maximum Gasteiger partial charge on any atom is 2.00 e. The molecule has 1 nitrogen and oxygen atoms in total. The molecule has 7 rings (SSSR count). The summed E-state index contributed by atoms with van der Waals surface area (Å²) in [6.07, 6.45) is 4.96. The Labute approximate surface area is 277 Å². The zero-order valence-corrected chi connectivity index (χ0v) is 29.8. The number of hydrogen-bond acceptors (Lipinski definition) is 2. The van der Waals surface area contributed by atoms with E-state index in [9.17, 15) is 0 Å². The van der Waals surface area contributed by atoms with Crippen molar-refractivity contribution in [3.63, 3.8) is 0 Å². The average molecular weight is 682 g/mol. The molecule has 0 aromatic heterocycles. The van der Waals surface area contributed by atoms with Crippen molar-refractivity contribution in [2.75, 3.05) is 11.4 Å². The number of nitrogens with zero attached hydrogens (tertiary/aromatic N) is 1. The van der Waals surface area contributed by atoms with Gasteiger partial charge in [-0.2, -0.15) is 0 Å². The zero-order chi connectivity index (χ0) is 25.5. The van der Waals surface area contributed by atoms with E-state index in [2.05, 4.69) is 123 Å². The van der Waals surface area contributed by atoms with E-state index in [1.165, 1.54) is 40.2 Å². The van der Waals surface area contributed by atoms with E-state index in [1.807, 2.05) is 0 Å². The van der Waals surface area contributed by atoms with Crippen molar-refractivity contribution < 1.29 is 51.0 Å². The van der Waals surface area contributed by atoms with Gasteiger partial charge < -0.3 is 29.7 Å². The summed E-state index contributed by atoms with van der Waals surface area (Å²) in [5.74, 6) is 0.636. The van der Waals surface area contributed by atoms with E-state index >= 15 is 0 Å². The fourth-order valence-electron chi connectivity index (χ4n) is 8.43. The summed E-state index contributed by atoms with van der Waals surface area (Å²) in [4.78, 5) is 4.12. The van der Waals surface area contributed by atoms with Crippen LogP contribution in [0.5, 0.6) is 0 Å². The van der Waals surface area contributed by atoms with Crippen LogP contribution in [0.3, 0.4) is 0 Å². The van der Waals surface area contributed by atoms with E-state index in [0.717, 1.165) is 6.54 Å². The molecule has 40 heavy (non-hydrogen) atoms. The number of anilines is 2. The summed E-state index contributed by atoms with van der Waals surface area (Å²) in [5, 5.41) is 0.621. The summed E-state index contributed by atoms with van der Waals surface area (Å²) in [6, 6.07) is 25.4. The number of rotatable bonds is 3. The van der Waals surface area contributed by atoms with Gasteiger partial charge in [-0.05, 0) is 74.0 Å². The molecule has 4 atom stereocenters. The minimum absolute atomic E-state index is 0. The summed E-state index contributed by atoms with van der Waals surface area (Å²) in [7, 11) is -1.81. The second-order valence-electron chi connectivity index (χ2n) is 12.3. The molecule has 0 bridgehead atoms. The first-order valence-electron chi connectivity index (χ1n) is 14.0. The molecule has 2 aliphatic heterocycles. The SMILES string of the molecule is CC1=Cc2c(cccc2N2CCCc3ccccc32)C1[Si](C)(C)C1C(C)=C(C)C2Sc3ccccc3C21.[Cl-].[Cl-].[Zr+2]. The van der Waals surface area contributed by atoms with Crippen LogP contribution in [0.15, 0.2) is 88.3 Å². The fraction of sp³-hybridized carbons (Fsp3) is 0.353. The zero-order valence-electron chi connectivity index (χ0n) is 24.0. The Morgan fingerprint density at radius 2 is 1.48 bits per heavy atom. The van der Waals surface area contributed by atoms with Gasteiger partial charge in [0.05, 0.1) is 8.07 Å². The summed E-state index contributed by atoms with van der Waals surface area (Å²) >= 11 is 2.13. The van der Waals surface area contributed by atoms with Crippen molar-refractivity contribution in [2.24, 2.45) is 0 Å². The normalized spacial score (nSPS) is 24.1. The first-order chi connectivity index (χ1) is 17.9. The van der Waals surface area contributed by atoms with Crippen LogP contribution in [0.2, 0.25) is 18.6 Å². The van der Waals surface area contributed by atoms with Gasteiger partial charge >= 0.3 is 26.2 Å². The molecular weight excluding hydrogens is 645 g/mol.